The second-order valence-corrected chi connectivity index (χ2v) is 6.55. The zero-order valence-corrected chi connectivity index (χ0v) is 17.6. The van der Waals surface area contributed by atoms with E-state index >= 15 is 0 Å². The van der Waals surface area contributed by atoms with E-state index in [0.29, 0.717) is 20.1 Å². The highest BCUT2D eigenvalue weighted by Gasteiger charge is 2.25. The van der Waals surface area contributed by atoms with E-state index in [1.807, 2.05) is 38.4 Å². The van der Waals surface area contributed by atoms with Crippen LogP contribution in [0.5, 0.6) is 0 Å². The summed E-state index contributed by atoms with van der Waals surface area (Å²) in [5, 5.41) is 9.01. The van der Waals surface area contributed by atoms with Crippen molar-refractivity contribution in [3.8, 4) is 0 Å². The van der Waals surface area contributed by atoms with E-state index in [4.69, 9.17) is 46.4 Å². The van der Waals surface area contributed by atoms with Gasteiger partial charge in [0.05, 0.1) is 12.1 Å². The van der Waals surface area contributed by atoms with Crippen LogP contribution in [0, 0.1) is 0 Å². The van der Waals surface area contributed by atoms with Crippen molar-refractivity contribution < 1.29 is 0 Å². The zero-order valence-electron chi connectivity index (χ0n) is 12.9. The summed E-state index contributed by atoms with van der Waals surface area (Å²) in [5.74, 6) is 0. The molecule has 0 aromatic heterocycles. The molecule has 0 aliphatic heterocycles. The first kappa shape index (κ1) is 24.1. The molecule has 2 aromatic rings. The minimum absolute atomic E-state index is 0. The topological polar surface area (TPSA) is 24.1 Å². The van der Waals surface area contributed by atoms with Gasteiger partial charge in [-0.25, -0.2) is 0 Å². The molecule has 0 saturated carbocycles. The molecule has 2 nitrogen and oxygen atoms in total. The smallest absolute Gasteiger partial charge is 0.0531 e. The number of hydrogen-bond acceptors (Lipinski definition) is 2. The number of benzene rings is 2. The molecule has 0 bridgehead atoms. The predicted octanol–water partition coefficient (Wildman–Crippen LogP) is 6.37. The van der Waals surface area contributed by atoms with Crippen molar-refractivity contribution in [3.05, 3.63) is 67.6 Å². The van der Waals surface area contributed by atoms with Crippen molar-refractivity contribution in [2.75, 3.05) is 14.1 Å². The van der Waals surface area contributed by atoms with Gasteiger partial charge in [0.2, 0.25) is 0 Å². The van der Waals surface area contributed by atoms with Crippen LogP contribution in [0.15, 0.2) is 36.4 Å². The quantitative estimate of drug-likeness (QED) is 0.553. The first-order chi connectivity index (χ1) is 10.5. The highest BCUT2D eigenvalue weighted by molar-refractivity contribution is 6.35. The van der Waals surface area contributed by atoms with Gasteiger partial charge >= 0.3 is 0 Å². The van der Waals surface area contributed by atoms with E-state index in [1.165, 1.54) is 0 Å². The lowest BCUT2D eigenvalue weighted by Gasteiger charge is -2.29. The van der Waals surface area contributed by atoms with Crippen molar-refractivity contribution in [2.45, 2.75) is 12.1 Å². The number of rotatable bonds is 5. The number of likely N-dealkylation sites (N-methyl/N-ethyl adjacent to an activating group) is 2. The van der Waals surface area contributed by atoms with Crippen molar-refractivity contribution in [1.29, 1.82) is 0 Å². The summed E-state index contributed by atoms with van der Waals surface area (Å²) in [7, 11) is 3.76. The number of halogens is 6. The number of nitrogens with one attached hydrogen (secondary N) is 2. The van der Waals surface area contributed by atoms with Gasteiger partial charge in [0.15, 0.2) is 0 Å². The Hall–Kier alpha value is 0.1000. The van der Waals surface area contributed by atoms with Crippen LogP contribution in [0.2, 0.25) is 20.1 Å². The molecule has 0 heterocycles. The van der Waals surface area contributed by atoms with Crippen LogP contribution in [0.3, 0.4) is 0 Å². The Morgan fingerprint density at radius 2 is 1.00 bits per heavy atom. The number of hydrogen-bond donors (Lipinski definition) is 2. The van der Waals surface area contributed by atoms with Crippen LogP contribution in [0.25, 0.3) is 0 Å². The maximum atomic E-state index is 6.35. The SMILES string of the molecule is CNC(c1ccc(Cl)cc1Cl)C(NC)c1ccc(Cl)cc1Cl.Cl.Cl. The lowest BCUT2D eigenvalue weighted by molar-refractivity contribution is 0.432. The molecular formula is C16H18Cl6N2. The third-order valence-electron chi connectivity index (χ3n) is 3.55. The predicted molar refractivity (Wildman–Crippen MR) is 111 cm³/mol. The summed E-state index contributed by atoms with van der Waals surface area (Å²) in [6.45, 7) is 0. The molecule has 24 heavy (non-hydrogen) atoms. The Kier molecular flexibility index (Phi) is 11.0. The van der Waals surface area contributed by atoms with Crippen molar-refractivity contribution in [1.82, 2.24) is 10.6 Å². The summed E-state index contributed by atoms with van der Waals surface area (Å²) in [6.07, 6.45) is 0. The van der Waals surface area contributed by atoms with Gasteiger partial charge in [-0.3, -0.25) is 0 Å². The standard InChI is InChI=1S/C16H16Cl4N2.2ClH/c1-21-15(11-5-3-9(17)7-13(11)19)16(22-2)12-6-4-10(18)8-14(12)20;;/h3-8,15-16,21-22H,1-2H3;2*1H. The van der Waals surface area contributed by atoms with Gasteiger partial charge in [-0.2, -0.15) is 0 Å². The fourth-order valence-electron chi connectivity index (χ4n) is 2.51. The molecule has 8 heteroatoms. The Morgan fingerprint density at radius 3 is 1.25 bits per heavy atom. The molecule has 2 unspecified atom stereocenters. The maximum Gasteiger partial charge on any atom is 0.0531 e. The maximum absolute atomic E-state index is 6.35. The Labute approximate surface area is 175 Å². The van der Waals surface area contributed by atoms with E-state index in [1.54, 1.807) is 12.1 Å². The summed E-state index contributed by atoms with van der Waals surface area (Å²) >= 11 is 24.7. The fourth-order valence-corrected chi connectivity index (χ4v) is 3.56. The van der Waals surface area contributed by atoms with Crippen LogP contribution < -0.4 is 10.6 Å². The van der Waals surface area contributed by atoms with E-state index in [2.05, 4.69) is 10.6 Å². The van der Waals surface area contributed by atoms with Crippen molar-refractivity contribution >= 4 is 71.2 Å². The third kappa shape index (κ3) is 5.55. The minimum Gasteiger partial charge on any atom is -0.311 e. The van der Waals surface area contributed by atoms with Gasteiger partial charge in [0.25, 0.3) is 0 Å². The minimum atomic E-state index is -0.0755. The molecule has 2 aromatic carbocycles. The van der Waals surface area contributed by atoms with Crippen LogP contribution >= 0.6 is 71.2 Å². The summed E-state index contributed by atoms with van der Waals surface area (Å²) in [6, 6.07) is 10.8. The van der Waals surface area contributed by atoms with Crippen molar-refractivity contribution in [2.24, 2.45) is 0 Å². The lowest BCUT2D eigenvalue weighted by Crippen LogP contribution is -2.32. The molecule has 0 aliphatic carbocycles. The Bertz CT molecular complexity index is 608. The second kappa shape index (κ2) is 10.9. The van der Waals surface area contributed by atoms with Gasteiger partial charge in [-0.15, -0.1) is 24.8 Å². The van der Waals surface area contributed by atoms with E-state index < -0.39 is 0 Å². The Balaban J connectivity index is 0.00000264. The van der Waals surface area contributed by atoms with Gasteiger partial charge in [-0.1, -0.05) is 58.5 Å². The molecule has 2 rings (SSSR count). The Morgan fingerprint density at radius 1 is 0.667 bits per heavy atom. The molecule has 0 radical (unpaired) electrons. The summed E-state index contributed by atoms with van der Waals surface area (Å²) < 4.78 is 0. The third-order valence-corrected chi connectivity index (χ3v) is 4.68. The van der Waals surface area contributed by atoms with Gasteiger partial charge in [0, 0.05) is 20.1 Å². The van der Waals surface area contributed by atoms with Crippen LogP contribution in [0.1, 0.15) is 23.2 Å². The molecule has 134 valence electrons. The van der Waals surface area contributed by atoms with E-state index in [0.717, 1.165) is 11.1 Å². The largest absolute Gasteiger partial charge is 0.311 e. The highest BCUT2D eigenvalue weighted by Crippen LogP contribution is 2.37. The zero-order chi connectivity index (χ0) is 16.3. The fraction of sp³-hybridized carbons (Fsp3) is 0.250. The summed E-state index contributed by atoms with van der Waals surface area (Å²) in [4.78, 5) is 0. The van der Waals surface area contributed by atoms with Crippen molar-refractivity contribution in [3.63, 3.8) is 0 Å². The molecule has 0 amide bonds. The average Bonchev–Trinajstić information content (AvgIpc) is 2.47. The van der Waals surface area contributed by atoms with Crippen LogP contribution in [-0.2, 0) is 0 Å². The van der Waals surface area contributed by atoms with Gasteiger partial charge in [-0.05, 0) is 49.5 Å². The van der Waals surface area contributed by atoms with Crippen LogP contribution in [-0.4, -0.2) is 14.1 Å². The first-order valence-electron chi connectivity index (χ1n) is 6.72. The second-order valence-electron chi connectivity index (χ2n) is 4.86. The van der Waals surface area contributed by atoms with Gasteiger partial charge < -0.3 is 10.6 Å². The monoisotopic (exact) mass is 448 g/mol. The normalized spacial score (nSPS) is 12.8. The molecule has 0 saturated heterocycles. The molecule has 0 aliphatic rings. The summed E-state index contributed by atoms with van der Waals surface area (Å²) in [5.41, 5.74) is 1.89. The molecule has 2 N–H and O–H groups in total. The lowest BCUT2D eigenvalue weighted by atomic mass is 9.93. The molecule has 2 atom stereocenters. The van der Waals surface area contributed by atoms with E-state index in [9.17, 15) is 0 Å². The molecular weight excluding hydrogens is 433 g/mol. The van der Waals surface area contributed by atoms with Gasteiger partial charge in [0.1, 0.15) is 0 Å². The van der Waals surface area contributed by atoms with Crippen LogP contribution in [0.4, 0.5) is 0 Å². The first-order valence-corrected chi connectivity index (χ1v) is 8.23. The molecule has 0 spiro atoms. The molecule has 0 fully saturated rings. The average molecular weight is 451 g/mol. The van der Waals surface area contributed by atoms with E-state index in [-0.39, 0.29) is 36.9 Å². The highest BCUT2D eigenvalue weighted by atomic mass is 35.5.